The maximum atomic E-state index is 11.3. The Balaban J connectivity index is 1.13. The number of benzene rings is 1. The summed E-state index contributed by atoms with van der Waals surface area (Å²) in [6.07, 6.45) is -19.9. The van der Waals surface area contributed by atoms with Crippen molar-refractivity contribution in [2.45, 2.75) is 129 Å². The maximum Gasteiger partial charge on any atom is 0.187 e. The molecule has 4 aliphatic heterocycles. The van der Waals surface area contributed by atoms with E-state index in [0.29, 0.717) is 11.1 Å². The van der Waals surface area contributed by atoms with Crippen LogP contribution in [-0.2, 0) is 37.9 Å². The normalized spacial score (nSPS) is 48.9. The van der Waals surface area contributed by atoms with Gasteiger partial charge in [-0.1, -0.05) is 12.1 Å². The van der Waals surface area contributed by atoms with Crippen LogP contribution in [0.15, 0.2) is 24.3 Å². The SMILES string of the molecule is N#Cc1ccc([C@@H]2OC[C@H]3O[C@H](O[C@@H]4[C@@H](O[C@@H]5O[C@H](CO)[C@@H](O[C@@H]6O[C@H](CN)[C@H](O)[C@@H](O)[C@@H]6N)[C@H]5O)[C@H](O)[C@@H](N)C[C@H]4N)[C@H](N)[C@@H](O)[C@@H]3O2)cc1. The number of nitriles is 1. The highest BCUT2D eigenvalue weighted by molar-refractivity contribution is 5.32. The molecule has 5 aliphatic rings. The molecule has 286 valence electrons. The summed E-state index contributed by atoms with van der Waals surface area (Å²) in [5.41, 5.74) is 31.8. The van der Waals surface area contributed by atoms with Gasteiger partial charge in [-0.2, -0.15) is 5.26 Å². The minimum atomic E-state index is -1.61. The third-order valence-electron chi connectivity index (χ3n) is 10.1. The molecule has 0 radical (unpaired) electrons. The van der Waals surface area contributed by atoms with E-state index in [-0.39, 0.29) is 19.6 Å². The van der Waals surface area contributed by atoms with Crippen LogP contribution in [0.4, 0.5) is 0 Å². The van der Waals surface area contributed by atoms with E-state index in [1.54, 1.807) is 24.3 Å². The molecule has 5 fully saturated rings. The predicted molar refractivity (Wildman–Crippen MR) is 168 cm³/mol. The van der Waals surface area contributed by atoms with Crippen molar-refractivity contribution in [3.8, 4) is 6.07 Å². The van der Waals surface area contributed by atoms with Gasteiger partial charge in [0.1, 0.15) is 67.1 Å². The molecule has 4 saturated heterocycles. The summed E-state index contributed by atoms with van der Waals surface area (Å²) in [4.78, 5) is 0. The lowest BCUT2D eigenvalue weighted by molar-refractivity contribution is -0.356. The van der Waals surface area contributed by atoms with Crippen LogP contribution in [-0.4, -0.2) is 167 Å². The largest absolute Gasteiger partial charge is 0.394 e. The van der Waals surface area contributed by atoms with E-state index >= 15 is 0 Å². The Morgan fingerprint density at radius 1 is 0.706 bits per heavy atom. The number of hydrogen-bond acceptors (Lipinski definition) is 20. The molecule has 1 saturated carbocycles. The standard InChI is InChI=1S/C31H48N6O14/c32-6-10-1-3-11(4-2-10)28-44-9-16-26(49-28)22(42)18(37)30(47-16)48-24-13(35)5-12(34)19(39)27(24)51-31-23(43)25(15(8-38)46-31)50-29-17(36)21(41)20(40)14(7-33)45-29/h1-4,12-31,38-43H,5,7-9,33-37H2/t12-,13+,14+,15+,16+,17-,18+,19+,20-,21-,22+,23+,24-,25+,26+,27-,28+,29-,30+,31-/m0/s1. The molecule has 20 nitrogen and oxygen atoms in total. The Morgan fingerprint density at radius 2 is 1.33 bits per heavy atom. The Hall–Kier alpha value is -2.05. The van der Waals surface area contributed by atoms with Crippen molar-refractivity contribution in [1.82, 2.24) is 0 Å². The fourth-order valence-corrected chi connectivity index (χ4v) is 7.09. The van der Waals surface area contributed by atoms with Gasteiger partial charge in [0.15, 0.2) is 25.2 Å². The number of rotatable bonds is 9. The van der Waals surface area contributed by atoms with Gasteiger partial charge >= 0.3 is 0 Å². The van der Waals surface area contributed by atoms with E-state index < -0.39 is 129 Å². The molecule has 4 heterocycles. The van der Waals surface area contributed by atoms with Crippen molar-refractivity contribution < 1.29 is 68.5 Å². The number of hydrogen-bond donors (Lipinski definition) is 11. The summed E-state index contributed by atoms with van der Waals surface area (Å²) in [6.45, 7) is -0.828. The average molecular weight is 729 g/mol. The molecule has 0 amide bonds. The van der Waals surface area contributed by atoms with Gasteiger partial charge in [0.25, 0.3) is 0 Å². The van der Waals surface area contributed by atoms with Crippen molar-refractivity contribution in [3.63, 3.8) is 0 Å². The van der Waals surface area contributed by atoms with E-state index in [4.69, 9.17) is 71.8 Å². The minimum absolute atomic E-state index is 0.00839. The number of ether oxygens (including phenoxy) is 8. The van der Waals surface area contributed by atoms with Crippen LogP contribution in [0.2, 0.25) is 0 Å². The van der Waals surface area contributed by atoms with Gasteiger partial charge in [0, 0.05) is 24.2 Å². The zero-order valence-corrected chi connectivity index (χ0v) is 27.5. The van der Waals surface area contributed by atoms with Crippen molar-refractivity contribution in [1.29, 1.82) is 5.26 Å². The first-order chi connectivity index (χ1) is 24.4. The van der Waals surface area contributed by atoms with Gasteiger partial charge in [0.05, 0.1) is 43.0 Å². The Morgan fingerprint density at radius 3 is 2.00 bits per heavy atom. The molecular weight excluding hydrogens is 680 g/mol. The molecule has 1 aliphatic carbocycles. The first kappa shape index (κ1) is 38.7. The highest BCUT2D eigenvalue weighted by atomic mass is 16.8. The fraction of sp³-hybridized carbons (Fsp3) is 0.774. The van der Waals surface area contributed by atoms with E-state index in [2.05, 4.69) is 0 Å². The van der Waals surface area contributed by atoms with Crippen LogP contribution in [0.3, 0.4) is 0 Å². The van der Waals surface area contributed by atoms with Gasteiger partial charge in [-0.25, -0.2) is 0 Å². The molecule has 0 spiro atoms. The van der Waals surface area contributed by atoms with Gasteiger partial charge in [-0.15, -0.1) is 0 Å². The molecular formula is C31H48N6O14. The summed E-state index contributed by atoms with van der Waals surface area (Å²) < 4.78 is 47.5. The molecule has 51 heavy (non-hydrogen) atoms. The summed E-state index contributed by atoms with van der Waals surface area (Å²) in [5, 5.41) is 73.4. The van der Waals surface area contributed by atoms with Crippen molar-refractivity contribution in [2.75, 3.05) is 19.8 Å². The number of nitrogens with two attached hydrogens (primary N) is 5. The quantitative estimate of drug-likeness (QED) is 0.113. The first-order valence-corrected chi connectivity index (χ1v) is 16.8. The molecule has 6 rings (SSSR count). The maximum absolute atomic E-state index is 11.3. The molecule has 20 atom stereocenters. The monoisotopic (exact) mass is 728 g/mol. The van der Waals surface area contributed by atoms with Crippen LogP contribution in [0.5, 0.6) is 0 Å². The van der Waals surface area contributed by atoms with Crippen LogP contribution >= 0.6 is 0 Å². The lowest BCUT2D eigenvalue weighted by Crippen LogP contribution is -2.69. The van der Waals surface area contributed by atoms with Gasteiger partial charge in [-0.05, 0) is 18.6 Å². The number of fused-ring (bicyclic) bond motifs is 1. The molecule has 16 N–H and O–H groups in total. The van der Waals surface area contributed by atoms with Crippen molar-refractivity contribution in [3.05, 3.63) is 35.4 Å². The average Bonchev–Trinajstić information content (AvgIpc) is 3.43. The minimum Gasteiger partial charge on any atom is -0.394 e. The summed E-state index contributed by atoms with van der Waals surface area (Å²) in [5.74, 6) is 0. The molecule has 0 bridgehead atoms. The molecule has 0 aromatic heterocycles. The van der Waals surface area contributed by atoms with E-state index in [1.807, 2.05) is 6.07 Å². The molecule has 1 aromatic rings. The third-order valence-corrected chi connectivity index (χ3v) is 10.1. The van der Waals surface area contributed by atoms with Crippen molar-refractivity contribution >= 4 is 0 Å². The highest BCUT2D eigenvalue weighted by Gasteiger charge is 2.55. The Kier molecular flexibility index (Phi) is 12.2. The van der Waals surface area contributed by atoms with Gasteiger partial charge in [-0.3, -0.25) is 0 Å². The van der Waals surface area contributed by atoms with Crippen LogP contribution in [0, 0.1) is 11.3 Å². The predicted octanol–water partition coefficient (Wildman–Crippen LogP) is -6.23. The second-order valence-corrected chi connectivity index (χ2v) is 13.5. The first-order valence-electron chi connectivity index (χ1n) is 16.8. The lowest BCUT2D eigenvalue weighted by atomic mass is 9.84. The number of aliphatic hydroxyl groups is 6. The third kappa shape index (κ3) is 7.66. The van der Waals surface area contributed by atoms with Gasteiger partial charge in [0.2, 0.25) is 0 Å². The van der Waals surface area contributed by atoms with Crippen LogP contribution < -0.4 is 28.7 Å². The fourth-order valence-electron chi connectivity index (χ4n) is 7.09. The summed E-state index contributed by atoms with van der Waals surface area (Å²) in [7, 11) is 0. The van der Waals surface area contributed by atoms with E-state index in [1.165, 1.54) is 0 Å². The van der Waals surface area contributed by atoms with E-state index in [9.17, 15) is 30.6 Å². The topological polar surface area (TPSA) is 349 Å². The summed E-state index contributed by atoms with van der Waals surface area (Å²) in [6, 6.07) is 4.49. The lowest BCUT2D eigenvalue weighted by Gasteiger charge is -2.49. The molecule has 0 unspecified atom stereocenters. The molecule has 20 heteroatoms. The second kappa shape index (κ2) is 16.1. The zero-order chi connectivity index (χ0) is 36.7. The number of nitrogens with zero attached hydrogens (tertiary/aromatic N) is 1. The number of aliphatic hydroxyl groups excluding tert-OH is 6. The Labute approximate surface area is 292 Å². The summed E-state index contributed by atoms with van der Waals surface area (Å²) >= 11 is 0. The Bertz CT molecular complexity index is 1340. The van der Waals surface area contributed by atoms with Crippen LogP contribution in [0.1, 0.15) is 23.8 Å². The van der Waals surface area contributed by atoms with Crippen LogP contribution in [0.25, 0.3) is 0 Å². The zero-order valence-electron chi connectivity index (χ0n) is 27.5. The smallest absolute Gasteiger partial charge is 0.187 e. The van der Waals surface area contributed by atoms with Crippen molar-refractivity contribution in [2.24, 2.45) is 28.7 Å². The molecule has 1 aromatic carbocycles. The second-order valence-electron chi connectivity index (χ2n) is 13.5. The van der Waals surface area contributed by atoms with Gasteiger partial charge < -0.3 is 97.2 Å². The highest BCUT2D eigenvalue weighted by Crippen LogP contribution is 2.37. The van der Waals surface area contributed by atoms with E-state index in [0.717, 1.165) is 0 Å².